The quantitative estimate of drug-likeness (QED) is 0.817. The Morgan fingerprint density at radius 2 is 2.15 bits per heavy atom. The summed E-state index contributed by atoms with van der Waals surface area (Å²) in [6.07, 6.45) is 1.57. The van der Waals surface area contributed by atoms with Crippen LogP contribution in [0.2, 0.25) is 0 Å². The highest BCUT2D eigenvalue weighted by molar-refractivity contribution is 7.91. The Kier molecular flexibility index (Phi) is 3.51. The fourth-order valence-electron chi connectivity index (χ4n) is 2.14. The highest BCUT2D eigenvalue weighted by atomic mass is 32.2. The van der Waals surface area contributed by atoms with Gasteiger partial charge in [0.1, 0.15) is 5.69 Å². The van der Waals surface area contributed by atoms with Crippen LogP contribution >= 0.6 is 0 Å². The molecule has 8 heteroatoms. The average molecular weight is 298 g/mol. The lowest BCUT2D eigenvalue weighted by Gasteiger charge is -2.23. The molecule has 1 fully saturated rings. The molecule has 0 spiro atoms. The number of carboxylic acids is 1. The van der Waals surface area contributed by atoms with Crippen LogP contribution in [0.4, 0.5) is 0 Å². The molecule has 1 aromatic heterocycles. The predicted molar refractivity (Wildman–Crippen MR) is 70.3 cm³/mol. The molecule has 0 bridgehead atoms. The van der Waals surface area contributed by atoms with Gasteiger partial charge in [0.15, 0.2) is 9.84 Å². The average Bonchev–Trinajstić information content (AvgIpc) is 2.63. The van der Waals surface area contributed by atoms with Gasteiger partial charge in [0.2, 0.25) is 0 Å². The van der Waals surface area contributed by atoms with Crippen molar-refractivity contribution in [2.45, 2.75) is 18.9 Å². The SMILES string of the molecule is CC1(NC(=O)c2ccnc(C(=O)O)c2)CCS(=O)(=O)C1. The molecule has 1 aromatic rings. The summed E-state index contributed by atoms with van der Waals surface area (Å²) in [4.78, 5) is 26.5. The predicted octanol–water partition coefficient (Wildman–Crippen LogP) is 0.0868. The zero-order chi connectivity index (χ0) is 15.0. The van der Waals surface area contributed by atoms with Crippen LogP contribution in [0.15, 0.2) is 18.3 Å². The molecular formula is C12H14N2O5S. The number of amides is 1. The molecule has 2 N–H and O–H groups in total. The number of nitrogens with one attached hydrogen (secondary N) is 1. The Morgan fingerprint density at radius 1 is 1.45 bits per heavy atom. The number of nitrogens with zero attached hydrogens (tertiary/aromatic N) is 1. The number of carbonyl (C=O) groups is 2. The molecule has 20 heavy (non-hydrogen) atoms. The van der Waals surface area contributed by atoms with E-state index in [1.54, 1.807) is 6.92 Å². The minimum atomic E-state index is -3.12. The molecule has 108 valence electrons. The summed E-state index contributed by atoms with van der Waals surface area (Å²) in [5.74, 6) is -1.80. The van der Waals surface area contributed by atoms with Crippen molar-refractivity contribution in [1.29, 1.82) is 0 Å². The third-order valence-corrected chi connectivity index (χ3v) is 5.06. The molecule has 1 saturated heterocycles. The number of carboxylic acid groups (broad SMARTS) is 1. The van der Waals surface area contributed by atoms with Crippen LogP contribution in [0.3, 0.4) is 0 Å². The minimum Gasteiger partial charge on any atom is -0.477 e. The third kappa shape index (κ3) is 3.13. The second kappa shape index (κ2) is 4.86. The van der Waals surface area contributed by atoms with Crippen molar-refractivity contribution < 1.29 is 23.1 Å². The first-order valence-electron chi connectivity index (χ1n) is 5.93. The van der Waals surface area contributed by atoms with Gasteiger partial charge in [0.05, 0.1) is 17.0 Å². The van der Waals surface area contributed by atoms with Crippen molar-refractivity contribution in [2.24, 2.45) is 0 Å². The van der Waals surface area contributed by atoms with Crippen molar-refractivity contribution in [3.05, 3.63) is 29.6 Å². The topological polar surface area (TPSA) is 113 Å². The van der Waals surface area contributed by atoms with Crippen LogP contribution in [0, 0.1) is 0 Å². The first kappa shape index (κ1) is 14.4. The standard InChI is InChI=1S/C12H14N2O5S/c1-12(3-5-20(18,19)7-12)14-10(15)8-2-4-13-9(6-8)11(16)17/h2,4,6H,3,5,7H2,1H3,(H,14,15)(H,16,17). The van der Waals surface area contributed by atoms with Crippen molar-refractivity contribution in [3.63, 3.8) is 0 Å². The van der Waals surface area contributed by atoms with E-state index in [9.17, 15) is 18.0 Å². The second-order valence-electron chi connectivity index (χ2n) is 5.09. The van der Waals surface area contributed by atoms with Crippen molar-refractivity contribution >= 4 is 21.7 Å². The van der Waals surface area contributed by atoms with Crippen molar-refractivity contribution in [2.75, 3.05) is 11.5 Å². The summed E-state index contributed by atoms with van der Waals surface area (Å²) in [5, 5.41) is 11.5. The van der Waals surface area contributed by atoms with Crippen molar-refractivity contribution in [3.8, 4) is 0 Å². The summed E-state index contributed by atoms with van der Waals surface area (Å²) < 4.78 is 22.9. The highest BCUT2D eigenvalue weighted by Gasteiger charge is 2.39. The zero-order valence-electron chi connectivity index (χ0n) is 10.8. The molecule has 0 saturated carbocycles. The lowest BCUT2D eigenvalue weighted by Crippen LogP contribution is -2.46. The first-order valence-corrected chi connectivity index (χ1v) is 7.75. The molecule has 2 heterocycles. The van der Waals surface area contributed by atoms with Gasteiger partial charge in [-0.05, 0) is 25.5 Å². The number of hydrogen-bond acceptors (Lipinski definition) is 5. The number of aromatic carboxylic acids is 1. The van der Waals surface area contributed by atoms with Crippen molar-refractivity contribution in [1.82, 2.24) is 10.3 Å². The van der Waals surface area contributed by atoms with E-state index in [0.717, 1.165) is 6.07 Å². The van der Waals surface area contributed by atoms with Gasteiger partial charge in [-0.3, -0.25) is 4.79 Å². The van der Waals surface area contributed by atoms with E-state index in [2.05, 4.69) is 10.3 Å². The zero-order valence-corrected chi connectivity index (χ0v) is 11.6. The van der Waals surface area contributed by atoms with E-state index in [1.165, 1.54) is 12.3 Å². The fourth-order valence-corrected chi connectivity index (χ4v) is 4.24. The number of carbonyl (C=O) groups excluding carboxylic acids is 1. The molecular weight excluding hydrogens is 284 g/mol. The van der Waals surface area contributed by atoms with Gasteiger partial charge >= 0.3 is 5.97 Å². The lowest BCUT2D eigenvalue weighted by molar-refractivity contribution is 0.0690. The van der Waals surface area contributed by atoms with Gasteiger partial charge in [-0.25, -0.2) is 18.2 Å². The Balaban J connectivity index is 2.17. The largest absolute Gasteiger partial charge is 0.477 e. The normalized spacial score (nSPS) is 24.2. The Morgan fingerprint density at radius 3 is 2.70 bits per heavy atom. The monoisotopic (exact) mass is 298 g/mol. The third-order valence-electron chi connectivity index (χ3n) is 3.16. The molecule has 0 radical (unpaired) electrons. The maximum absolute atomic E-state index is 12.1. The molecule has 0 aliphatic carbocycles. The van der Waals surface area contributed by atoms with Crippen LogP contribution in [-0.4, -0.2) is 47.4 Å². The summed E-state index contributed by atoms with van der Waals surface area (Å²) >= 11 is 0. The smallest absolute Gasteiger partial charge is 0.354 e. The Labute approximate surface area is 115 Å². The first-order chi connectivity index (χ1) is 9.21. The molecule has 7 nitrogen and oxygen atoms in total. The van der Waals surface area contributed by atoms with Crippen LogP contribution in [-0.2, 0) is 9.84 Å². The van der Waals surface area contributed by atoms with Crippen LogP contribution in [0.1, 0.15) is 34.2 Å². The van der Waals surface area contributed by atoms with Gasteiger partial charge in [0, 0.05) is 11.8 Å². The number of sulfone groups is 1. The van der Waals surface area contributed by atoms with Gasteiger partial charge in [-0.2, -0.15) is 0 Å². The Bertz CT molecular complexity index is 670. The van der Waals surface area contributed by atoms with E-state index < -0.39 is 27.3 Å². The van der Waals surface area contributed by atoms with Gasteiger partial charge in [-0.1, -0.05) is 0 Å². The number of aromatic nitrogens is 1. The molecule has 1 amide bonds. The maximum Gasteiger partial charge on any atom is 0.354 e. The summed E-state index contributed by atoms with van der Waals surface area (Å²) in [6.45, 7) is 1.66. The molecule has 1 atom stereocenters. The van der Waals surface area contributed by atoms with E-state index >= 15 is 0 Å². The number of hydrogen-bond donors (Lipinski definition) is 2. The lowest BCUT2D eigenvalue weighted by atomic mass is 10.0. The van der Waals surface area contributed by atoms with Crippen LogP contribution < -0.4 is 5.32 Å². The van der Waals surface area contributed by atoms with Gasteiger partial charge in [-0.15, -0.1) is 0 Å². The molecule has 0 aromatic carbocycles. The van der Waals surface area contributed by atoms with E-state index in [-0.39, 0.29) is 22.8 Å². The van der Waals surface area contributed by atoms with E-state index in [0.29, 0.717) is 6.42 Å². The highest BCUT2D eigenvalue weighted by Crippen LogP contribution is 2.23. The minimum absolute atomic E-state index is 0.0422. The van der Waals surface area contributed by atoms with E-state index in [4.69, 9.17) is 5.11 Å². The van der Waals surface area contributed by atoms with Crippen LogP contribution in [0.25, 0.3) is 0 Å². The van der Waals surface area contributed by atoms with Gasteiger partial charge < -0.3 is 10.4 Å². The fraction of sp³-hybridized carbons (Fsp3) is 0.417. The summed E-state index contributed by atoms with van der Waals surface area (Å²) in [5.41, 5.74) is -0.910. The van der Waals surface area contributed by atoms with E-state index in [1.807, 2.05) is 0 Å². The molecule has 1 aliphatic heterocycles. The van der Waals surface area contributed by atoms with Crippen LogP contribution in [0.5, 0.6) is 0 Å². The molecule has 2 rings (SSSR count). The summed E-state index contributed by atoms with van der Waals surface area (Å²) in [6, 6.07) is 2.54. The summed E-state index contributed by atoms with van der Waals surface area (Å²) in [7, 11) is -3.12. The molecule has 1 aliphatic rings. The Hall–Kier alpha value is -1.96. The second-order valence-corrected chi connectivity index (χ2v) is 7.28. The van der Waals surface area contributed by atoms with Gasteiger partial charge in [0.25, 0.3) is 5.91 Å². The number of rotatable bonds is 3. The molecule has 1 unspecified atom stereocenters. The number of pyridine rings is 1. The maximum atomic E-state index is 12.1.